The van der Waals surface area contributed by atoms with Crippen LogP contribution in [0.1, 0.15) is 10.4 Å². The smallest absolute Gasteiger partial charge is 0.406 e. The topological polar surface area (TPSA) is 26.3 Å². The van der Waals surface area contributed by atoms with Crippen LogP contribution in [0.3, 0.4) is 0 Å². The lowest BCUT2D eigenvalue weighted by atomic mass is 10.1. The maximum absolute atomic E-state index is 11.9. The Labute approximate surface area is 103 Å². The van der Waals surface area contributed by atoms with Gasteiger partial charge < -0.3 is 4.74 Å². The standard InChI is InChI=1S/C9H6BrF3O2S/c10-4-7(14)6-3-5(1-2-8(6)16)15-9(11,12)13/h1-3,16H,4H2. The molecule has 1 aromatic carbocycles. The molecule has 0 fully saturated rings. The van der Waals surface area contributed by atoms with Crippen molar-refractivity contribution in [3.8, 4) is 5.75 Å². The van der Waals surface area contributed by atoms with E-state index in [1.165, 1.54) is 6.07 Å². The number of hydrogen-bond acceptors (Lipinski definition) is 3. The summed E-state index contributed by atoms with van der Waals surface area (Å²) in [5, 5.41) is 0.00995. The van der Waals surface area contributed by atoms with E-state index < -0.39 is 12.1 Å². The third-order valence-electron chi connectivity index (χ3n) is 1.62. The van der Waals surface area contributed by atoms with Gasteiger partial charge in [0.25, 0.3) is 0 Å². The lowest BCUT2D eigenvalue weighted by Gasteiger charge is -2.10. The summed E-state index contributed by atoms with van der Waals surface area (Å²) in [4.78, 5) is 11.6. The average Bonchev–Trinajstić information content (AvgIpc) is 2.18. The van der Waals surface area contributed by atoms with Gasteiger partial charge in [-0.05, 0) is 18.2 Å². The summed E-state index contributed by atoms with van der Waals surface area (Å²) in [5.74, 6) is -0.799. The number of thiol groups is 1. The van der Waals surface area contributed by atoms with Crippen LogP contribution in [0.15, 0.2) is 23.1 Å². The zero-order valence-electron chi connectivity index (χ0n) is 7.71. The van der Waals surface area contributed by atoms with Crippen molar-refractivity contribution >= 4 is 34.3 Å². The average molecular weight is 315 g/mol. The number of benzene rings is 1. The Bertz CT molecular complexity index is 406. The highest BCUT2D eigenvalue weighted by Crippen LogP contribution is 2.26. The Morgan fingerprint density at radius 3 is 2.56 bits per heavy atom. The van der Waals surface area contributed by atoms with Crippen LogP contribution < -0.4 is 4.74 Å². The van der Waals surface area contributed by atoms with Crippen molar-refractivity contribution < 1.29 is 22.7 Å². The minimum absolute atomic E-state index is 0.00995. The Balaban J connectivity index is 3.03. The van der Waals surface area contributed by atoms with Crippen LogP contribution in [0.5, 0.6) is 5.75 Å². The normalized spacial score (nSPS) is 11.3. The Kier molecular flexibility index (Phi) is 4.26. The second kappa shape index (κ2) is 5.09. The molecule has 0 amide bonds. The highest BCUT2D eigenvalue weighted by atomic mass is 79.9. The van der Waals surface area contributed by atoms with Crippen LogP contribution in [0.25, 0.3) is 0 Å². The SMILES string of the molecule is O=C(CBr)c1cc(OC(F)(F)F)ccc1S. The van der Waals surface area contributed by atoms with Crippen molar-refractivity contribution in [3.63, 3.8) is 0 Å². The molecule has 0 atom stereocenters. The second-order valence-corrected chi connectivity index (χ2v) is 3.83. The monoisotopic (exact) mass is 314 g/mol. The number of hydrogen-bond donors (Lipinski definition) is 1. The van der Waals surface area contributed by atoms with Crippen LogP contribution in [0.2, 0.25) is 0 Å². The summed E-state index contributed by atoms with van der Waals surface area (Å²) < 4.78 is 39.5. The van der Waals surface area contributed by atoms with Crippen LogP contribution in [0, 0.1) is 0 Å². The van der Waals surface area contributed by atoms with E-state index in [1.54, 1.807) is 0 Å². The van der Waals surface area contributed by atoms with Crippen LogP contribution >= 0.6 is 28.6 Å². The number of alkyl halides is 4. The number of rotatable bonds is 3. The molecule has 0 saturated carbocycles. The molecule has 0 aromatic heterocycles. The van der Waals surface area contributed by atoms with Crippen LogP contribution in [0.4, 0.5) is 13.2 Å². The molecule has 7 heteroatoms. The van der Waals surface area contributed by atoms with Gasteiger partial charge in [0.15, 0.2) is 5.78 Å². The fraction of sp³-hybridized carbons (Fsp3) is 0.222. The maximum Gasteiger partial charge on any atom is 0.573 e. The van der Waals surface area contributed by atoms with Crippen LogP contribution in [-0.2, 0) is 0 Å². The van der Waals surface area contributed by atoms with E-state index in [4.69, 9.17) is 0 Å². The van der Waals surface area contributed by atoms with Gasteiger partial charge in [-0.2, -0.15) is 0 Å². The van der Waals surface area contributed by atoms with Gasteiger partial charge in [-0.3, -0.25) is 4.79 Å². The molecule has 0 aliphatic carbocycles. The van der Waals surface area contributed by atoms with Gasteiger partial charge in [-0.15, -0.1) is 25.8 Å². The summed E-state index contributed by atoms with van der Waals surface area (Å²) in [5.41, 5.74) is 0.0851. The van der Waals surface area contributed by atoms with Gasteiger partial charge in [-0.25, -0.2) is 0 Å². The first-order chi connectivity index (χ1) is 7.33. The van der Waals surface area contributed by atoms with Gasteiger partial charge in [-0.1, -0.05) is 15.9 Å². The molecule has 0 unspecified atom stereocenters. The van der Waals surface area contributed by atoms with E-state index in [2.05, 4.69) is 33.3 Å². The second-order valence-electron chi connectivity index (χ2n) is 2.78. The molecule has 1 aromatic rings. The van der Waals surface area contributed by atoms with E-state index in [1.807, 2.05) is 0 Å². The quantitative estimate of drug-likeness (QED) is 0.525. The van der Waals surface area contributed by atoms with E-state index in [-0.39, 0.29) is 16.7 Å². The fourth-order valence-electron chi connectivity index (χ4n) is 1.01. The molecule has 0 heterocycles. The largest absolute Gasteiger partial charge is 0.573 e. The number of ketones is 1. The number of halogens is 4. The van der Waals surface area contributed by atoms with Crippen molar-refractivity contribution in [2.45, 2.75) is 11.3 Å². The molecule has 0 radical (unpaired) electrons. The molecule has 88 valence electrons. The fourth-order valence-corrected chi connectivity index (χ4v) is 1.57. The maximum atomic E-state index is 11.9. The van der Waals surface area contributed by atoms with Crippen molar-refractivity contribution in [2.75, 3.05) is 5.33 Å². The third kappa shape index (κ3) is 3.71. The summed E-state index contributed by atoms with van der Waals surface area (Å²) >= 11 is 6.90. The van der Waals surface area contributed by atoms with Gasteiger partial charge in [0.1, 0.15) is 5.75 Å². The molecule has 0 aliphatic heterocycles. The summed E-state index contributed by atoms with van der Waals surface area (Å²) in [6.07, 6.45) is -4.77. The number of carbonyl (C=O) groups excluding carboxylic acids is 1. The van der Waals surface area contributed by atoms with Crippen molar-refractivity contribution in [3.05, 3.63) is 23.8 Å². The Morgan fingerprint density at radius 1 is 1.44 bits per heavy atom. The predicted octanol–water partition coefficient (Wildman–Crippen LogP) is 3.45. The van der Waals surface area contributed by atoms with E-state index in [0.717, 1.165) is 12.1 Å². The minimum Gasteiger partial charge on any atom is -0.406 e. The molecular weight excluding hydrogens is 309 g/mol. The van der Waals surface area contributed by atoms with Crippen molar-refractivity contribution in [1.82, 2.24) is 0 Å². The number of Topliss-reactive ketones (excluding diaryl/α,β-unsaturated/α-hetero) is 1. The van der Waals surface area contributed by atoms with Gasteiger partial charge in [0, 0.05) is 10.5 Å². The molecule has 16 heavy (non-hydrogen) atoms. The van der Waals surface area contributed by atoms with E-state index >= 15 is 0 Å². The zero-order valence-corrected chi connectivity index (χ0v) is 10.2. The molecule has 0 saturated heterocycles. The van der Waals surface area contributed by atoms with E-state index in [9.17, 15) is 18.0 Å². The molecule has 0 spiro atoms. The van der Waals surface area contributed by atoms with Crippen molar-refractivity contribution in [1.29, 1.82) is 0 Å². The first-order valence-corrected chi connectivity index (χ1v) is 5.58. The third-order valence-corrected chi connectivity index (χ3v) is 2.52. The van der Waals surface area contributed by atoms with Gasteiger partial charge in [0.05, 0.1) is 5.33 Å². The molecule has 2 nitrogen and oxygen atoms in total. The molecule has 0 aliphatic rings. The first kappa shape index (κ1) is 13.4. The molecule has 1 rings (SSSR count). The first-order valence-electron chi connectivity index (χ1n) is 4.01. The number of ether oxygens (including phenoxy) is 1. The molecular formula is C9H6BrF3O2S. The molecule has 0 N–H and O–H groups in total. The summed E-state index contributed by atoms with van der Waals surface area (Å²) in [6, 6.07) is 3.39. The predicted molar refractivity (Wildman–Crippen MR) is 58.5 cm³/mol. The Hall–Kier alpha value is -0.690. The highest BCUT2D eigenvalue weighted by molar-refractivity contribution is 9.09. The van der Waals surface area contributed by atoms with E-state index in [0.29, 0.717) is 4.90 Å². The summed E-state index contributed by atoms with van der Waals surface area (Å²) in [6.45, 7) is 0. The lowest BCUT2D eigenvalue weighted by Crippen LogP contribution is -2.17. The van der Waals surface area contributed by atoms with Crippen LogP contribution in [-0.4, -0.2) is 17.5 Å². The Morgan fingerprint density at radius 2 is 2.06 bits per heavy atom. The minimum atomic E-state index is -4.77. The lowest BCUT2D eigenvalue weighted by molar-refractivity contribution is -0.274. The van der Waals surface area contributed by atoms with Gasteiger partial charge >= 0.3 is 6.36 Å². The summed E-state index contributed by atoms with van der Waals surface area (Å²) in [7, 11) is 0. The zero-order chi connectivity index (χ0) is 12.3. The molecule has 0 bridgehead atoms. The number of carbonyl (C=O) groups is 1. The van der Waals surface area contributed by atoms with Gasteiger partial charge in [0.2, 0.25) is 0 Å². The van der Waals surface area contributed by atoms with Crippen molar-refractivity contribution in [2.24, 2.45) is 0 Å². The highest BCUT2D eigenvalue weighted by Gasteiger charge is 2.31.